The maximum absolute atomic E-state index is 5.17. The number of pyridine rings is 3. The molecule has 0 saturated heterocycles. The molecular formula is C125H115N9. The molecule has 9 heterocycles. The molecule has 9 aromatic heterocycles. The second kappa shape index (κ2) is 29.4. The summed E-state index contributed by atoms with van der Waals surface area (Å²) in [5.41, 5.74) is 28.0. The lowest BCUT2D eigenvalue weighted by Gasteiger charge is -2.57. The van der Waals surface area contributed by atoms with Crippen molar-refractivity contribution in [3.63, 3.8) is 0 Å². The Kier molecular flexibility index (Phi) is 17.5. The highest BCUT2D eigenvalue weighted by Crippen LogP contribution is 2.65. The normalized spacial score (nSPS) is 24.4. The van der Waals surface area contributed by atoms with E-state index in [0.29, 0.717) is 16.2 Å². The Morgan fingerprint density at radius 3 is 0.873 bits per heavy atom. The van der Waals surface area contributed by atoms with Crippen molar-refractivity contribution >= 4 is 131 Å². The molecule has 0 amide bonds. The average Bonchev–Trinajstić information content (AvgIpc) is 1.63. The van der Waals surface area contributed by atoms with E-state index in [9.17, 15) is 0 Å². The van der Waals surface area contributed by atoms with Gasteiger partial charge in [0.1, 0.15) is 11.6 Å². The molecule has 12 aromatic carbocycles. The molecule has 33 rings (SSSR count). The van der Waals surface area contributed by atoms with E-state index in [1.165, 1.54) is 258 Å². The summed E-state index contributed by atoms with van der Waals surface area (Å²) in [5.74, 6) is 10.4. The van der Waals surface area contributed by atoms with Crippen molar-refractivity contribution < 1.29 is 0 Å². The third-order valence-electron chi connectivity index (χ3n) is 35.3. The molecular weight excluding hydrogens is 1630 g/mol. The first kappa shape index (κ1) is 79.4. The zero-order valence-electron chi connectivity index (χ0n) is 78.0. The lowest BCUT2D eigenvalue weighted by molar-refractivity contribution is -0.00525. The number of nitrogens with zero attached hydrogens (tertiary/aromatic N) is 9. The highest BCUT2D eigenvalue weighted by molar-refractivity contribution is 6.15. The van der Waals surface area contributed by atoms with Gasteiger partial charge in [0.05, 0.1) is 108 Å². The number of rotatable bonds is 9. The fraction of sp³-hybridized carbons (Fsp3) is 0.304. The molecule has 21 aromatic rings. The first-order valence-electron chi connectivity index (χ1n) is 50.5. The first-order chi connectivity index (χ1) is 65.4. The third kappa shape index (κ3) is 12.3. The molecule has 134 heavy (non-hydrogen) atoms. The van der Waals surface area contributed by atoms with Gasteiger partial charge in [-0.05, 0) is 345 Å². The number of aromatic nitrogens is 9. The summed E-state index contributed by atoms with van der Waals surface area (Å²) in [5, 5.41) is 15.7. The van der Waals surface area contributed by atoms with Gasteiger partial charge in [-0.25, -0.2) is 9.97 Å². The lowest BCUT2D eigenvalue weighted by atomic mass is 9.48. The number of hydrogen-bond donors (Lipinski definition) is 0. The average molecular weight is 1740 g/mol. The van der Waals surface area contributed by atoms with Gasteiger partial charge in [0.2, 0.25) is 0 Å². The van der Waals surface area contributed by atoms with E-state index >= 15 is 0 Å². The monoisotopic (exact) mass is 1740 g/mol. The predicted octanol–water partition coefficient (Wildman–Crippen LogP) is 31.8. The van der Waals surface area contributed by atoms with Gasteiger partial charge in [0.15, 0.2) is 0 Å². The summed E-state index contributed by atoms with van der Waals surface area (Å²) in [7, 11) is 0. The van der Waals surface area contributed by atoms with Crippen LogP contribution in [0.15, 0.2) is 316 Å². The Balaban J connectivity index is 0.000000100. The maximum atomic E-state index is 5.17. The van der Waals surface area contributed by atoms with Crippen LogP contribution in [-0.4, -0.2) is 42.4 Å². The highest BCUT2D eigenvalue weighted by atomic mass is 15.1. The Hall–Kier alpha value is -13.1. The molecule has 12 saturated carbocycles. The van der Waals surface area contributed by atoms with Crippen molar-refractivity contribution in [2.24, 2.45) is 53.3 Å². The van der Waals surface area contributed by atoms with Crippen LogP contribution in [0.4, 0.5) is 0 Å². The largest absolute Gasteiger partial charge is 0.309 e. The van der Waals surface area contributed by atoms with Gasteiger partial charge in [-0.3, -0.25) is 14.1 Å². The van der Waals surface area contributed by atoms with Crippen LogP contribution in [0.25, 0.3) is 165 Å². The molecule has 0 radical (unpaired) electrons. The van der Waals surface area contributed by atoms with Crippen molar-refractivity contribution in [2.45, 2.75) is 184 Å². The summed E-state index contributed by atoms with van der Waals surface area (Å²) in [6.45, 7) is 13.7. The SMILES string of the molecule is CC(C)(C)c1ccc2c(c1)c1ccccc1n2-c1ccc(-n2c3ccccc3c3cc(C45CC6CC(CC(C6)C4)C5)ccc32)nc1.CC(C)(C)c1ccc2c(c1)c1ccccc1n2-c1cncc(-n2c3ccccc3c3cc(C45CC6CC(CC(C6)C4)C5)ccc32)c1.c1ccc2c(c1)c1ccccc1n2-c1ccnc(-n2c3ccccc3c3ccc(C45CC6CC(CC(C6)C4)C5)cc32)c1. The molecule has 0 N–H and O–H groups in total. The van der Waals surface area contributed by atoms with E-state index in [2.05, 4.69) is 366 Å². The Morgan fingerprint density at radius 1 is 0.216 bits per heavy atom. The molecule has 9 heteroatoms. The zero-order valence-corrected chi connectivity index (χ0v) is 78.0. The van der Waals surface area contributed by atoms with Crippen LogP contribution in [-0.2, 0) is 27.1 Å². The van der Waals surface area contributed by atoms with Crippen molar-refractivity contribution in [3.8, 4) is 34.4 Å². The van der Waals surface area contributed by atoms with Gasteiger partial charge in [-0.15, -0.1) is 0 Å². The molecule has 12 fully saturated rings. The number of fused-ring (bicyclic) bond motifs is 18. The van der Waals surface area contributed by atoms with Crippen LogP contribution in [0.2, 0.25) is 0 Å². The summed E-state index contributed by atoms with van der Waals surface area (Å²) >= 11 is 0. The van der Waals surface area contributed by atoms with Gasteiger partial charge < -0.3 is 18.3 Å². The fourth-order valence-electron chi connectivity index (χ4n) is 30.7. The van der Waals surface area contributed by atoms with E-state index in [1.54, 1.807) is 16.7 Å². The molecule has 0 spiro atoms. The van der Waals surface area contributed by atoms with Crippen LogP contribution < -0.4 is 0 Å². The lowest BCUT2D eigenvalue weighted by Crippen LogP contribution is -2.48. The molecule has 12 aliphatic rings. The van der Waals surface area contributed by atoms with E-state index in [1.807, 2.05) is 18.6 Å². The minimum atomic E-state index is 0.0883. The van der Waals surface area contributed by atoms with Gasteiger partial charge in [0, 0.05) is 76.9 Å². The van der Waals surface area contributed by atoms with E-state index < -0.39 is 0 Å². The zero-order chi connectivity index (χ0) is 89.0. The standard InChI is InChI=1S/2C43H41N3.C39H33N3/c1-42(2,3)30-12-15-39-35(21-30)33-8-4-6-10-37(33)45(39)32-14-17-41(44-26-32)46-38-11-7-5-9-34(38)36-22-31(13-16-40(36)46)43-23-27-18-28(24-43)20-29(19-27)25-43;1-42(2,3)30-12-14-40-36(19-30)34-8-4-6-10-38(34)45(40)32-21-33(26-44-25-32)46-39-11-7-5-9-35(39)37-20-31(13-15-41(37)46)43-22-27-16-28(23-43)18-29(17-27)24-43;1-4-10-34-30(7-1)31-8-2-5-11-35(31)41(34)29-15-16-40-38(21-29)42-36-12-6-3-9-32(36)33-14-13-28(20-37(33)42)39-22-25-17-26(23-39)19-27(18-25)24-39/h4-17,21-22,26-29H,18-20,23-25H2,1-3H3;4-15,19-21,25-29H,16-18,22-24H2,1-3H3;1-16,20-21,25-27H,17-19,22-24H2. The summed E-state index contributed by atoms with van der Waals surface area (Å²) in [4.78, 5) is 15.1. The van der Waals surface area contributed by atoms with E-state index in [-0.39, 0.29) is 10.8 Å². The quantitative estimate of drug-likeness (QED) is 0.145. The highest BCUT2D eigenvalue weighted by Gasteiger charge is 2.55. The second-order valence-electron chi connectivity index (χ2n) is 45.5. The van der Waals surface area contributed by atoms with Gasteiger partial charge >= 0.3 is 0 Å². The molecule has 12 bridgehead atoms. The molecule has 660 valence electrons. The Labute approximate surface area is 783 Å². The summed E-state index contributed by atoms with van der Waals surface area (Å²) in [6, 6.07) is 109. The van der Waals surface area contributed by atoms with Crippen molar-refractivity contribution in [3.05, 3.63) is 344 Å². The van der Waals surface area contributed by atoms with Crippen molar-refractivity contribution in [2.75, 3.05) is 0 Å². The Morgan fingerprint density at radius 2 is 0.507 bits per heavy atom. The molecule has 0 unspecified atom stereocenters. The minimum Gasteiger partial charge on any atom is -0.309 e. The van der Waals surface area contributed by atoms with Gasteiger partial charge in [-0.1, -0.05) is 205 Å². The van der Waals surface area contributed by atoms with Crippen molar-refractivity contribution in [1.29, 1.82) is 0 Å². The van der Waals surface area contributed by atoms with Crippen LogP contribution in [0.5, 0.6) is 0 Å². The smallest absolute Gasteiger partial charge is 0.139 e. The minimum absolute atomic E-state index is 0.0883. The van der Waals surface area contributed by atoms with Crippen LogP contribution in [0, 0.1) is 53.3 Å². The predicted molar refractivity (Wildman–Crippen MR) is 556 cm³/mol. The first-order valence-corrected chi connectivity index (χ1v) is 50.5. The number of benzene rings is 12. The maximum Gasteiger partial charge on any atom is 0.139 e. The molecule has 0 aliphatic heterocycles. The number of hydrogen-bond acceptors (Lipinski definition) is 3. The molecule has 9 nitrogen and oxygen atoms in total. The summed E-state index contributed by atoms with van der Waals surface area (Å²) in [6.07, 6.45) is 33.9. The van der Waals surface area contributed by atoms with Gasteiger partial charge in [0.25, 0.3) is 0 Å². The van der Waals surface area contributed by atoms with E-state index in [4.69, 9.17) is 15.0 Å². The third-order valence-corrected chi connectivity index (χ3v) is 35.3. The van der Waals surface area contributed by atoms with Crippen LogP contribution >= 0.6 is 0 Å². The van der Waals surface area contributed by atoms with Gasteiger partial charge in [-0.2, -0.15) is 0 Å². The fourth-order valence-corrected chi connectivity index (χ4v) is 30.7. The van der Waals surface area contributed by atoms with E-state index in [0.717, 1.165) is 87.6 Å². The number of para-hydroxylation sites is 7. The van der Waals surface area contributed by atoms with Crippen molar-refractivity contribution in [1.82, 2.24) is 42.4 Å². The summed E-state index contributed by atoms with van der Waals surface area (Å²) < 4.78 is 14.4. The van der Waals surface area contributed by atoms with Crippen LogP contribution in [0.3, 0.4) is 0 Å². The Bertz CT molecular complexity index is 8260. The topological polar surface area (TPSA) is 68.2 Å². The molecule has 12 aliphatic carbocycles. The second-order valence-corrected chi connectivity index (χ2v) is 45.5. The van der Waals surface area contributed by atoms with Crippen LogP contribution in [0.1, 0.15) is 185 Å². The molecule has 0 atom stereocenters.